The number of rotatable bonds is 4. The summed E-state index contributed by atoms with van der Waals surface area (Å²) in [5, 5.41) is 6.73. The van der Waals surface area contributed by atoms with E-state index in [1.807, 2.05) is 25.7 Å². The average Bonchev–Trinajstić information content (AvgIpc) is 2.49. The third-order valence-electron chi connectivity index (χ3n) is 3.95. The first-order valence-corrected chi connectivity index (χ1v) is 8.70. The van der Waals surface area contributed by atoms with Crippen LogP contribution in [-0.2, 0) is 4.74 Å². The summed E-state index contributed by atoms with van der Waals surface area (Å²) in [6.07, 6.45) is 2.98. The molecule has 1 amide bonds. The monoisotopic (exact) mass is 326 g/mol. The van der Waals surface area contributed by atoms with E-state index in [4.69, 9.17) is 4.74 Å². The summed E-state index contributed by atoms with van der Waals surface area (Å²) in [7, 11) is 1.78. The standard InChI is InChI=1S/C17H34N4O2/c1-7-13(2)20-15(18-6)19-11-14-9-8-10-21(12-14)16(22)23-17(3,4)5/h13-14H,7-12H2,1-6H3,(H2,18,19,20). The van der Waals surface area contributed by atoms with Crippen LogP contribution >= 0.6 is 0 Å². The number of ether oxygens (including phenoxy) is 1. The van der Waals surface area contributed by atoms with Crippen molar-refractivity contribution < 1.29 is 9.53 Å². The number of aliphatic imine (C=N–C) groups is 1. The minimum absolute atomic E-state index is 0.204. The first-order valence-electron chi connectivity index (χ1n) is 8.70. The Morgan fingerprint density at radius 2 is 2.13 bits per heavy atom. The van der Waals surface area contributed by atoms with E-state index in [1.54, 1.807) is 7.05 Å². The van der Waals surface area contributed by atoms with Gasteiger partial charge >= 0.3 is 6.09 Å². The Bertz CT molecular complexity index is 404. The third-order valence-corrected chi connectivity index (χ3v) is 3.95. The second kappa shape index (κ2) is 8.99. The third kappa shape index (κ3) is 7.57. The van der Waals surface area contributed by atoms with Crippen LogP contribution in [0.4, 0.5) is 4.79 Å². The van der Waals surface area contributed by atoms with Gasteiger partial charge in [0.25, 0.3) is 0 Å². The molecule has 1 fully saturated rings. The van der Waals surface area contributed by atoms with Crippen LogP contribution in [0.15, 0.2) is 4.99 Å². The van der Waals surface area contributed by atoms with Crippen LogP contribution in [0.1, 0.15) is 53.9 Å². The van der Waals surface area contributed by atoms with Crippen molar-refractivity contribution in [3.8, 4) is 0 Å². The Hall–Kier alpha value is -1.46. The molecule has 0 aliphatic carbocycles. The largest absolute Gasteiger partial charge is 0.444 e. The molecule has 6 heteroatoms. The molecule has 0 spiro atoms. The lowest BCUT2D eigenvalue weighted by Gasteiger charge is -2.34. The van der Waals surface area contributed by atoms with Crippen LogP contribution in [0, 0.1) is 5.92 Å². The first-order chi connectivity index (χ1) is 10.7. The van der Waals surface area contributed by atoms with Crippen molar-refractivity contribution in [2.75, 3.05) is 26.7 Å². The van der Waals surface area contributed by atoms with E-state index >= 15 is 0 Å². The van der Waals surface area contributed by atoms with Crippen molar-refractivity contribution in [3.05, 3.63) is 0 Å². The van der Waals surface area contributed by atoms with Gasteiger partial charge in [0.15, 0.2) is 5.96 Å². The van der Waals surface area contributed by atoms with Crippen LogP contribution in [0.5, 0.6) is 0 Å². The van der Waals surface area contributed by atoms with Gasteiger partial charge in [-0.2, -0.15) is 0 Å². The fraction of sp³-hybridized carbons (Fsp3) is 0.882. The maximum absolute atomic E-state index is 12.2. The highest BCUT2D eigenvalue weighted by Crippen LogP contribution is 2.18. The summed E-state index contributed by atoms with van der Waals surface area (Å²) >= 11 is 0. The Morgan fingerprint density at radius 1 is 1.43 bits per heavy atom. The number of nitrogens with one attached hydrogen (secondary N) is 2. The number of hydrogen-bond donors (Lipinski definition) is 2. The van der Waals surface area contributed by atoms with E-state index in [1.165, 1.54) is 0 Å². The molecule has 1 aliphatic rings. The van der Waals surface area contributed by atoms with Gasteiger partial charge in [-0.1, -0.05) is 6.92 Å². The van der Waals surface area contributed by atoms with Crippen molar-refractivity contribution in [3.63, 3.8) is 0 Å². The molecule has 1 heterocycles. The Balaban J connectivity index is 2.44. The smallest absolute Gasteiger partial charge is 0.410 e. The molecular formula is C17H34N4O2. The molecule has 0 saturated carbocycles. The highest BCUT2D eigenvalue weighted by Gasteiger charge is 2.27. The fourth-order valence-corrected chi connectivity index (χ4v) is 2.50. The molecular weight excluding hydrogens is 292 g/mol. The Kier molecular flexibility index (Phi) is 7.65. The van der Waals surface area contributed by atoms with Crippen LogP contribution in [0.3, 0.4) is 0 Å². The summed E-state index contributed by atoms with van der Waals surface area (Å²) in [4.78, 5) is 18.3. The molecule has 1 saturated heterocycles. The van der Waals surface area contributed by atoms with E-state index in [0.717, 1.165) is 44.9 Å². The van der Waals surface area contributed by atoms with Gasteiger partial charge in [0.1, 0.15) is 5.60 Å². The lowest BCUT2D eigenvalue weighted by Crippen LogP contribution is -2.48. The van der Waals surface area contributed by atoms with E-state index in [9.17, 15) is 4.79 Å². The van der Waals surface area contributed by atoms with E-state index in [-0.39, 0.29) is 6.09 Å². The van der Waals surface area contributed by atoms with Gasteiger partial charge in [0.05, 0.1) is 0 Å². The summed E-state index contributed by atoms with van der Waals surface area (Å²) in [6, 6.07) is 0.394. The highest BCUT2D eigenvalue weighted by atomic mass is 16.6. The van der Waals surface area contributed by atoms with Crippen LogP contribution in [0.25, 0.3) is 0 Å². The minimum Gasteiger partial charge on any atom is -0.444 e. The van der Waals surface area contributed by atoms with Crippen LogP contribution in [-0.4, -0.2) is 55.3 Å². The maximum atomic E-state index is 12.2. The molecule has 1 aliphatic heterocycles. The maximum Gasteiger partial charge on any atom is 0.410 e. The van der Waals surface area contributed by atoms with Gasteiger partial charge in [0.2, 0.25) is 0 Å². The summed E-state index contributed by atoms with van der Waals surface area (Å²) < 4.78 is 5.47. The minimum atomic E-state index is -0.440. The quantitative estimate of drug-likeness (QED) is 0.615. The topological polar surface area (TPSA) is 66.0 Å². The number of hydrogen-bond acceptors (Lipinski definition) is 3. The zero-order valence-electron chi connectivity index (χ0n) is 15.6. The summed E-state index contributed by atoms with van der Waals surface area (Å²) in [5.41, 5.74) is -0.440. The molecule has 0 bridgehead atoms. The molecule has 134 valence electrons. The normalized spacial score (nSPS) is 20.9. The molecule has 6 nitrogen and oxygen atoms in total. The zero-order chi connectivity index (χ0) is 17.5. The number of carbonyl (C=O) groups is 1. The molecule has 2 N–H and O–H groups in total. The second-order valence-electron chi connectivity index (χ2n) is 7.34. The Labute approximate surface area is 141 Å². The summed E-state index contributed by atoms with van der Waals surface area (Å²) in [5.74, 6) is 1.25. The zero-order valence-corrected chi connectivity index (χ0v) is 15.6. The number of likely N-dealkylation sites (tertiary alicyclic amines) is 1. The van der Waals surface area contributed by atoms with Gasteiger partial charge in [-0.3, -0.25) is 4.99 Å². The van der Waals surface area contributed by atoms with Gasteiger partial charge in [-0.05, 0) is 52.9 Å². The Morgan fingerprint density at radius 3 is 2.70 bits per heavy atom. The average molecular weight is 326 g/mol. The summed E-state index contributed by atoms with van der Waals surface area (Å²) in [6.45, 7) is 12.3. The van der Waals surface area contributed by atoms with Gasteiger partial charge < -0.3 is 20.3 Å². The highest BCUT2D eigenvalue weighted by molar-refractivity contribution is 5.79. The van der Waals surface area contributed by atoms with Crippen molar-refractivity contribution in [2.45, 2.75) is 65.5 Å². The number of piperidine rings is 1. The number of carbonyl (C=O) groups excluding carboxylic acids is 1. The van der Waals surface area contributed by atoms with Gasteiger partial charge in [-0.25, -0.2) is 4.79 Å². The first kappa shape index (κ1) is 19.6. The molecule has 0 aromatic heterocycles. The molecule has 23 heavy (non-hydrogen) atoms. The van der Waals surface area contributed by atoms with Gasteiger partial charge in [-0.15, -0.1) is 0 Å². The van der Waals surface area contributed by atoms with E-state index < -0.39 is 5.60 Å². The fourth-order valence-electron chi connectivity index (χ4n) is 2.50. The van der Waals surface area contributed by atoms with Crippen LogP contribution < -0.4 is 10.6 Å². The van der Waals surface area contributed by atoms with Crippen molar-refractivity contribution in [2.24, 2.45) is 10.9 Å². The second-order valence-corrected chi connectivity index (χ2v) is 7.34. The van der Waals surface area contributed by atoms with E-state index in [0.29, 0.717) is 12.0 Å². The molecule has 0 aromatic rings. The molecule has 2 atom stereocenters. The van der Waals surface area contributed by atoms with Crippen molar-refractivity contribution in [1.29, 1.82) is 0 Å². The van der Waals surface area contributed by atoms with Crippen molar-refractivity contribution >= 4 is 12.1 Å². The lowest BCUT2D eigenvalue weighted by molar-refractivity contribution is 0.0168. The van der Waals surface area contributed by atoms with E-state index in [2.05, 4.69) is 29.5 Å². The lowest BCUT2D eigenvalue weighted by atomic mass is 9.98. The van der Waals surface area contributed by atoms with Crippen molar-refractivity contribution in [1.82, 2.24) is 15.5 Å². The van der Waals surface area contributed by atoms with Crippen LogP contribution in [0.2, 0.25) is 0 Å². The molecule has 1 rings (SSSR count). The van der Waals surface area contributed by atoms with Gasteiger partial charge in [0, 0.05) is 32.7 Å². The predicted octanol–water partition coefficient (Wildman–Crippen LogP) is 2.60. The molecule has 0 radical (unpaired) electrons. The predicted molar refractivity (Wildman–Crippen MR) is 94.8 cm³/mol. The number of amides is 1. The number of guanidine groups is 1. The molecule has 2 unspecified atom stereocenters. The number of nitrogens with zero attached hydrogens (tertiary/aromatic N) is 2. The SMILES string of the molecule is CCC(C)NC(=NC)NCC1CCCN(C(=O)OC(C)(C)C)C1. The molecule has 0 aromatic carbocycles.